The van der Waals surface area contributed by atoms with Gasteiger partial charge < -0.3 is 17.5 Å². The maximum atomic E-state index is 11.9. The van der Waals surface area contributed by atoms with Crippen LogP contribution < -0.4 is 17.4 Å². The lowest BCUT2D eigenvalue weighted by molar-refractivity contribution is -0.503. The summed E-state index contributed by atoms with van der Waals surface area (Å²) in [6.07, 6.45) is 1.55. The lowest BCUT2D eigenvalue weighted by Crippen LogP contribution is -3.00. The second-order valence-corrected chi connectivity index (χ2v) is 6.08. The van der Waals surface area contributed by atoms with Crippen LogP contribution in [0.4, 0.5) is 0 Å². The quantitative estimate of drug-likeness (QED) is 0.320. The molecule has 2 aliphatic heterocycles. The maximum Gasteiger partial charge on any atom is 0.352 e. The van der Waals surface area contributed by atoms with E-state index in [9.17, 15) is 9.59 Å². The van der Waals surface area contributed by atoms with Crippen LogP contribution in [-0.4, -0.2) is 50.1 Å². The van der Waals surface area contributed by atoms with E-state index in [1.54, 1.807) is 6.08 Å². The molecular formula is C11H14Cl2N2O3S. The molecule has 8 heteroatoms. The SMILES string of the molecule is CC(C)=[NH+][C@@H]1C(=O)N2C(C(=O)O)=CC(CCl)S[C@H]12.[Cl-]. The van der Waals surface area contributed by atoms with Crippen LogP contribution in [0.3, 0.4) is 0 Å². The predicted octanol–water partition coefficient (Wildman–Crippen LogP) is -3.59. The van der Waals surface area contributed by atoms with E-state index in [1.165, 1.54) is 16.7 Å². The molecule has 3 atom stereocenters. The fraction of sp³-hybridized carbons (Fsp3) is 0.545. The Morgan fingerprint density at radius 3 is 2.68 bits per heavy atom. The number of fused-ring (bicyclic) bond motifs is 1. The van der Waals surface area contributed by atoms with E-state index in [4.69, 9.17) is 16.7 Å². The molecule has 0 radical (unpaired) electrons. The Kier molecular flexibility index (Phi) is 5.29. The Morgan fingerprint density at radius 2 is 2.21 bits per heavy atom. The number of amides is 1. The highest BCUT2D eigenvalue weighted by molar-refractivity contribution is 8.01. The lowest BCUT2D eigenvalue weighted by atomic mass is 10.1. The monoisotopic (exact) mass is 324 g/mol. The summed E-state index contributed by atoms with van der Waals surface area (Å²) >= 11 is 7.30. The zero-order chi connectivity index (χ0) is 13.4. The van der Waals surface area contributed by atoms with E-state index in [0.717, 1.165) is 5.71 Å². The molecule has 2 aliphatic rings. The molecule has 19 heavy (non-hydrogen) atoms. The van der Waals surface area contributed by atoms with Gasteiger partial charge in [0.15, 0.2) is 5.37 Å². The number of thioether (sulfide) groups is 1. The Hall–Kier alpha value is -0.720. The topological polar surface area (TPSA) is 71.6 Å². The molecule has 2 rings (SSSR count). The first-order valence-corrected chi connectivity index (χ1v) is 6.99. The van der Waals surface area contributed by atoms with Crippen molar-refractivity contribution in [2.45, 2.75) is 30.5 Å². The van der Waals surface area contributed by atoms with Crippen molar-refractivity contribution in [1.82, 2.24) is 4.90 Å². The average molecular weight is 325 g/mol. The molecule has 0 bridgehead atoms. The summed E-state index contributed by atoms with van der Waals surface area (Å²) in [7, 11) is 0. The summed E-state index contributed by atoms with van der Waals surface area (Å²) in [4.78, 5) is 27.5. The third-order valence-corrected chi connectivity index (χ3v) is 4.71. The van der Waals surface area contributed by atoms with Gasteiger partial charge in [0.25, 0.3) is 11.9 Å². The summed E-state index contributed by atoms with van der Waals surface area (Å²) < 4.78 is 0. The van der Waals surface area contributed by atoms with Gasteiger partial charge in [-0.15, -0.1) is 23.4 Å². The second-order valence-electron chi connectivity index (χ2n) is 4.41. The largest absolute Gasteiger partial charge is 1.00 e. The minimum Gasteiger partial charge on any atom is -1.00 e. The van der Waals surface area contributed by atoms with E-state index in [0.29, 0.717) is 5.88 Å². The average Bonchev–Trinajstić information content (AvgIpc) is 2.33. The van der Waals surface area contributed by atoms with Gasteiger partial charge >= 0.3 is 5.97 Å². The zero-order valence-corrected chi connectivity index (χ0v) is 12.7. The maximum absolute atomic E-state index is 11.9. The first kappa shape index (κ1) is 16.3. The number of carbonyl (C=O) groups excluding carboxylic acids is 1. The highest BCUT2D eigenvalue weighted by Gasteiger charge is 2.57. The number of hydrogen-bond acceptors (Lipinski definition) is 3. The summed E-state index contributed by atoms with van der Waals surface area (Å²) in [6, 6.07) is -0.353. The molecule has 2 N–H and O–H groups in total. The third kappa shape index (κ3) is 2.90. The van der Waals surface area contributed by atoms with E-state index < -0.39 is 5.97 Å². The highest BCUT2D eigenvalue weighted by Crippen LogP contribution is 2.39. The molecule has 106 valence electrons. The molecule has 0 spiro atoms. The number of nitrogens with one attached hydrogen (secondary N) is 1. The van der Waals surface area contributed by atoms with E-state index >= 15 is 0 Å². The van der Waals surface area contributed by atoms with Crippen LogP contribution in [0.15, 0.2) is 11.8 Å². The molecule has 1 amide bonds. The van der Waals surface area contributed by atoms with Crippen molar-refractivity contribution in [3.8, 4) is 0 Å². The number of carbonyl (C=O) groups is 2. The Balaban J connectivity index is 0.00000180. The fourth-order valence-corrected chi connectivity index (χ4v) is 3.66. The molecule has 0 saturated carbocycles. The van der Waals surface area contributed by atoms with E-state index in [1.807, 2.05) is 13.8 Å². The molecule has 5 nitrogen and oxygen atoms in total. The van der Waals surface area contributed by atoms with Crippen LogP contribution >= 0.6 is 23.4 Å². The van der Waals surface area contributed by atoms with Crippen LogP contribution in [0, 0.1) is 0 Å². The molecular weight excluding hydrogens is 311 g/mol. The van der Waals surface area contributed by atoms with Gasteiger partial charge in [-0.2, -0.15) is 0 Å². The molecule has 1 saturated heterocycles. The highest BCUT2D eigenvalue weighted by atomic mass is 35.5. The first-order valence-electron chi connectivity index (χ1n) is 5.52. The molecule has 0 aromatic heterocycles. The minimum atomic E-state index is -1.08. The molecule has 1 fully saturated rings. The normalized spacial score (nSPS) is 28.6. The number of rotatable bonds is 3. The third-order valence-electron chi connectivity index (χ3n) is 2.78. The van der Waals surface area contributed by atoms with Crippen molar-refractivity contribution in [2.75, 3.05) is 5.88 Å². The number of halogens is 2. The summed E-state index contributed by atoms with van der Waals surface area (Å²) in [5.41, 5.74) is 0.976. The number of alkyl halides is 1. The van der Waals surface area contributed by atoms with Crippen LogP contribution in [0.2, 0.25) is 0 Å². The van der Waals surface area contributed by atoms with Gasteiger partial charge in [-0.25, -0.2) is 9.79 Å². The minimum absolute atomic E-state index is 0. The van der Waals surface area contributed by atoms with Gasteiger partial charge in [-0.3, -0.25) is 9.69 Å². The molecule has 1 unspecified atom stereocenters. The van der Waals surface area contributed by atoms with Crippen molar-refractivity contribution in [3.63, 3.8) is 0 Å². The molecule has 0 aliphatic carbocycles. The van der Waals surface area contributed by atoms with Crippen molar-refractivity contribution >= 4 is 41.0 Å². The first-order chi connectivity index (χ1) is 8.45. The summed E-state index contributed by atoms with van der Waals surface area (Å²) in [5, 5.41) is 8.86. The van der Waals surface area contributed by atoms with Crippen LogP contribution in [0.25, 0.3) is 0 Å². The fourth-order valence-electron chi connectivity index (χ4n) is 2.03. The van der Waals surface area contributed by atoms with Gasteiger partial charge in [-0.05, 0) is 6.08 Å². The number of aliphatic carboxylic acids is 1. The number of hydrogen-bond donors (Lipinski definition) is 2. The van der Waals surface area contributed by atoms with Crippen molar-refractivity contribution in [1.29, 1.82) is 0 Å². The molecule has 2 heterocycles. The van der Waals surface area contributed by atoms with Crippen LogP contribution in [0.5, 0.6) is 0 Å². The second kappa shape index (κ2) is 6.15. The summed E-state index contributed by atoms with van der Waals surface area (Å²) in [5.74, 6) is -0.948. The number of carboxylic acids is 1. The van der Waals surface area contributed by atoms with Gasteiger partial charge in [0.1, 0.15) is 11.4 Å². The van der Waals surface area contributed by atoms with Crippen molar-refractivity contribution in [2.24, 2.45) is 0 Å². The lowest BCUT2D eigenvalue weighted by Gasteiger charge is -2.45. The Labute approximate surface area is 126 Å². The number of nitrogens with zero attached hydrogens (tertiary/aromatic N) is 1. The van der Waals surface area contributed by atoms with Crippen LogP contribution in [-0.2, 0) is 9.59 Å². The number of β-lactam (4-membered cyclic amide) rings is 1. The summed E-state index contributed by atoms with van der Waals surface area (Å²) in [6.45, 7) is 3.74. The van der Waals surface area contributed by atoms with E-state index in [2.05, 4.69) is 4.99 Å². The van der Waals surface area contributed by atoms with Crippen molar-refractivity contribution in [3.05, 3.63) is 11.8 Å². The zero-order valence-electron chi connectivity index (χ0n) is 10.4. The smallest absolute Gasteiger partial charge is 0.352 e. The number of carboxylic acid groups (broad SMARTS) is 1. The van der Waals surface area contributed by atoms with E-state index in [-0.39, 0.29) is 40.7 Å². The molecule has 0 aromatic carbocycles. The van der Waals surface area contributed by atoms with Gasteiger partial charge in [0.05, 0.1) is 0 Å². The Bertz CT molecular complexity index is 463. The Morgan fingerprint density at radius 1 is 1.58 bits per heavy atom. The molecule has 0 aromatic rings. The predicted molar refractivity (Wildman–Crippen MR) is 69.6 cm³/mol. The van der Waals surface area contributed by atoms with Crippen molar-refractivity contribution < 1.29 is 32.1 Å². The van der Waals surface area contributed by atoms with Gasteiger partial charge in [0, 0.05) is 25.0 Å². The standard InChI is InChI=1S/C11H13ClN2O3S.ClH/c1-5(2)13-8-9(15)14-7(11(16)17)3-6(4-12)18-10(8)14;/h3,6,8,10H,4H2,1-2H3,(H,16,17);1H/t6?,8-,10-;/m1./s1. The van der Waals surface area contributed by atoms with Crippen LogP contribution in [0.1, 0.15) is 13.8 Å². The van der Waals surface area contributed by atoms with Gasteiger partial charge in [-0.1, -0.05) is 0 Å². The van der Waals surface area contributed by atoms with Gasteiger partial charge in [0.2, 0.25) is 0 Å².